The van der Waals surface area contributed by atoms with Crippen molar-refractivity contribution in [2.45, 2.75) is 19.5 Å². The van der Waals surface area contributed by atoms with Gasteiger partial charge in [0.2, 0.25) is 5.91 Å². The lowest BCUT2D eigenvalue weighted by molar-refractivity contribution is -0.137. The van der Waals surface area contributed by atoms with Crippen molar-refractivity contribution < 1.29 is 18.0 Å². The first-order valence-corrected chi connectivity index (χ1v) is 9.13. The Balaban J connectivity index is 1.52. The third-order valence-corrected chi connectivity index (χ3v) is 4.60. The van der Waals surface area contributed by atoms with Crippen LogP contribution in [0.3, 0.4) is 0 Å². The fraction of sp³-hybridized carbons (Fsp3) is 0.421. The zero-order valence-corrected chi connectivity index (χ0v) is 15.5. The second-order valence-electron chi connectivity index (χ2n) is 6.55. The highest BCUT2D eigenvalue weighted by molar-refractivity contribution is 5.79. The minimum atomic E-state index is -4.37. The van der Waals surface area contributed by atoms with E-state index >= 15 is 0 Å². The molecule has 1 aromatic heterocycles. The van der Waals surface area contributed by atoms with Crippen LogP contribution in [0.2, 0.25) is 0 Å². The van der Waals surface area contributed by atoms with Crippen molar-refractivity contribution in [1.29, 1.82) is 0 Å². The van der Waals surface area contributed by atoms with Crippen LogP contribution in [0.15, 0.2) is 36.4 Å². The van der Waals surface area contributed by atoms with Gasteiger partial charge in [0.05, 0.1) is 12.0 Å². The van der Waals surface area contributed by atoms with E-state index in [-0.39, 0.29) is 12.3 Å². The molecule has 0 unspecified atom stereocenters. The van der Waals surface area contributed by atoms with Crippen LogP contribution in [0.4, 0.5) is 24.8 Å². The quantitative estimate of drug-likeness (QED) is 0.847. The molecule has 0 radical (unpaired) electrons. The molecule has 0 bridgehead atoms. The normalized spacial score (nSPS) is 14.9. The molecular formula is C19H22F3N5O. The molecule has 2 aromatic rings. The van der Waals surface area contributed by atoms with Gasteiger partial charge < -0.3 is 15.1 Å². The zero-order valence-electron chi connectivity index (χ0n) is 15.5. The summed E-state index contributed by atoms with van der Waals surface area (Å²) in [4.78, 5) is 16.2. The van der Waals surface area contributed by atoms with Crippen LogP contribution in [-0.2, 0) is 17.4 Å². The maximum absolute atomic E-state index is 12.6. The van der Waals surface area contributed by atoms with E-state index in [1.165, 1.54) is 12.1 Å². The number of halogens is 3. The van der Waals surface area contributed by atoms with Crippen molar-refractivity contribution in [3.8, 4) is 0 Å². The Morgan fingerprint density at radius 1 is 1.04 bits per heavy atom. The van der Waals surface area contributed by atoms with E-state index in [0.29, 0.717) is 31.7 Å². The van der Waals surface area contributed by atoms with Gasteiger partial charge in [-0.3, -0.25) is 4.79 Å². The van der Waals surface area contributed by atoms with E-state index in [0.717, 1.165) is 30.3 Å². The third kappa shape index (κ3) is 4.90. The number of anilines is 2. The summed E-state index contributed by atoms with van der Waals surface area (Å²) in [6.07, 6.45) is -4.28. The molecule has 1 amide bonds. The van der Waals surface area contributed by atoms with Gasteiger partial charge in [0, 0.05) is 32.7 Å². The second-order valence-corrected chi connectivity index (χ2v) is 6.55. The fourth-order valence-electron chi connectivity index (χ4n) is 3.05. The summed E-state index contributed by atoms with van der Waals surface area (Å²) in [6, 6.07) is 8.50. The van der Waals surface area contributed by atoms with E-state index in [1.807, 2.05) is 19.1 Å². The Hall–Kier alpha value is -2.84. The van der Waals surface area contributed by atoms with Gasteiger partial charge in [-0.1, -0.05) is 12.1 Å². The van der Waals surface area contributed by atoms with Crippen LogP contribution in [-0.4, -0.2) is 53.7 Å². The first kappa shape index (κ1) is 19.9. The van der Waals surface area contributed by atoms with Crippen LogP contribution in [0.25, 0.3) is 0 Å². The lowest BCUT2D eigenvalue weighted by atomic mass is 10.1. The Morgan fingerprint density at radius 3 is 2.25 bits per heavy atom. The largest absolute Gasteiger partial charge is 0.416 e. The first-order chi connectivity index (χ1) is 13.4. The van der Waals surface area contributed by atoms with Gasteiger partial charge in [-0.2, -0.15) is 13.2 Å². The number of alkyl halides is 3. The van der Waals surface area contributed by atoms with E-state index < -0.39 is 11.7 Å². The minimum Gasteiger partial charge on any atom is -0.369 e. The number of carbonyl (C=O) groups excluding carboxylic acids is 1. The van der Waals surface area contributed by atoms with E-state index in [4.69, 9.17) is 0 Å². The minimum absolute atomic E-state index is 0.0898. The average Bonchev–Trinajstić information content (AvgIpc) is 2.69. The Morgan fingerprint density at radius 2 is 1.71 bits per heavy atom. The number of piperazine rings is 1. The molecule has 1 aliphatic heterocycles. The highest BCUT2D eigenvalue weighted by Gasteiger charge is 2.30. The Bertz CT molecular complexity index is 785. The standard InChI is InChI=1S/C19H22F3N5O/c1-2-23-16-7-8-17(25-24-16)26-9-11-27(12-10-26)18(28)13-14-3-5-15(6-4-14)19(20,21)22/h3-8H,2,9-13H2,1H3,(H,23,24). The Kier molecular flexibility index (Phi) is 6.01. The summed E-state index contributed by atoms with van der Waals surface area (Å²) in [6.45, 7) is 5.10. The molecule has 0 spiro atoms. The van der Waals surface area contributed by atoms with Gasteiger partial charge in [0.25, 0.3) is 0 Å². The summed E-state index contributed by atoms with van der Waals surface area (Å²) in [7, 11) is 0. The van der Waals surface area contributed by atoms with E-state index in [1.54, 1.807) is 4.90 Å². The van der Waals surface area contributed by atoms with Gasteiger partial charge in [-0.05, 0) is 36.8 Å². The third-order valence-electron chi connectivity index (χ3n) is 4.60. The number of benzene rings is 1. The lowest BCUT2D eigenvalue weighted by Gasteiger charge is -2.35. The van der Waals surface area contributed by atoms with E-state index in [9.17, 15) is 18.0 Å². The molecule has 28 heavy (non-hydrogen) atoms. The fourth-order valence-corrected chi connectivity index (χ4v) is 3.05. The molecule has 0 aliphatic carbocycles. The summed E-state index contributed by atoms with van der Waals surface area (Å²) < 4.78 is 37.9. The Labute approximate surface area is 161 Å². The van der Waals surface area contributed by atoms with Crippen LogP contribution >= 0.6 is 0 Å². The SMILES string of the molecule is CCNc1ccc(N2CCN(C(=O)Cc3ccc(C(F)(F)F)cc3)CC2)nn1. The number of hydrogen-bond donors (Lipinski definition) is 1. The molecule has 6 nitrogen and oxygen atoms in total. The van der Waals surface area contributed by atoms with Gasteiger partial charge in [-0.15, -0.1) is 10.2 Å². The first-order valence-electron chi connectivity index (χ1n) is 9.13. The molecule has 1 fully saturated rings. The maximum Gasteiger partial charge on any atom is 0.416 e. The molecule has 9 heteroatoms. The van der Waals surface area contributed by atoms with Crippen molar-refractivity contribution in [3.63, 3.8) is 0 Å². The second kappa shape index (κ2) is 8.45. The molecule has 1 aromatic carbocycles. The summed E-state index contributed by atoms with van der Waals surface area (Å²) in [5.74, 6) is 1.39. The number of rotatable bonds is 5. The van der Waals surface area contributed by atoms with Crippen molar-refractivity contribution in [2.75, 3.05) is 42.9 Å². The predicted molar refractivity (Wildman–Crippen MR) is 100 cm³/mol. The number of carbonyl (C=O) groups is 1. The van der Waals surface area contributed by atoms with Gasteiger partial charge in [0.15, 0.2) is 5.82 Å². The number of amides is 1. The summed E-state index contributed by atoms with van der Waals surface area (Å²) in [5.41, 5.74) is -0.135. The smallest absolute Gasteiger partial charge is 0.369 e. The van der Waals surface area contributed by atoms with Gasteiger partial charge in [-0.25, -0.2) is 0 Å². The van der Waals surface area contributed by atoms with Crippen molar-refractivity contribution in [2.24, 2.45) is 0 Å². The zero-order chi connectivity index (χ0) is 20.1. The van der Waals surface area contributed by atoms with E-state index in [2.05, 4.69) is 20.4 Å². The highest BCUT2D eigenvalue weighted by Crippen LogP contribution is 2.29. The van der Waals surface area contributed by atoms with Crippen molar-refractivity contribution in [1.82, 2.24) is 15.1 Å². The monoisotopic (exact) mass is 393 g/mol. The molecule has 1 saturated heterocycles. The van der Waals surface area contributed by atoms with Crippen molar-refractivity contribution in [3.05, 3.63) is 47.5 Å². The number of hydrogen-bond acceptors (Lipinski definition) is 5. The number of nitrogens with one attached hydrogen (secondary N) is 1. The lowest BCUT2D eigenvalue weighted by Crippen LogP contribution is -2.49. The summed E-state index contributed by atoms with van der Waals surface area (Å²) in [5, 5.41) is 11.4. The van der Waals surface area contributed by atoms with Crippen LogP contribution < -0.4 is 10.2 Å². The van der Waals surface area contributed by atoms with Crippen LogP contribution in [0.1, 0.15) is 18.1 Å². The number of aromatic nitrogens is 2. The summed E-state index contributed by atoms with van der Waals surface area (Å²) >= 11 is 0. The highest BCUT2D eigenvalue weighted by atomic mass is 19.4. The average molecular weight is 393 g/mol. The molecule has 0 saturated carbocycles. The van der Waals surface area contributed by atoms with Crippen molar-refractivity contribution >= 4 is 17.5 Å². The topological polar surface area (TPSA) is 61.4 Å². The molecule has 2 heterocycles. The molecule has 1 N–H and O–H groups in total. The predicted octanol–water partition coefficient (Wildman–Crippen LogP) is 2.82. The van der Waals surface area contributed by atoms with Gasteiger partial charge >= 0.3 is 6.18 Å². The molecule has 0 atom stereocenters. The van der Waals surface area contributed by atoms with Gasteiger partial charge in [0.1, 0.15) is 5.82 Å². The molecular weight excluding hydrogens is 371 g/mol. The van der Waals surface area contributed by atoms with Crippen LogP contribution in [0.5, 0.6) is 0 Å². The number of nitrogens with zero attached hydrogens (tertiary/aromatic N) is 4. The maximum atomic E-state index is 12.6. The van der Waals surface area contributed by atoms with Crippen LogP contribution in [0, 0.1) is 0 Å². The molecule has 150 valence electrons. The molecule has 3 rings (SSSR count). The molecule has 1 aliphatic rings.